The summed E-state index contributed by atoms with van der Waals surface area (Å²) < 4.78 is 2.55. The van der Waals surface area contributed by atoms with Crippen LogP contribution in [0.5, 0.6) is 0 Å². The minimum Gasteiger partial charge on any atom is -0.311 e. The van der Waals surface area contributed by atoms with E-state index in [4.69, 9.17) is 9.97 Å². The molecule has 0 fully saturated rings. The van der Waals surface area contributed by atoms with Gasteiger partial charge in [0.15, 0.2) is 0 Å². The first-order valence-electron chi connectivity index (χ1n) is 39.3. The molecule has 6 heteroatoms. The van der Waals surface area contributed by atoms with E-state index in [1.807, 2.05) is 0 Å². The molecule has 10 aromatic carbocycles. The average Bonchev–Trinajstić information content (AvgIpc) is 0.841. The molecule has 13 aromatic rings. The third kappa shape index (κ3) is 13.3. The van der Waals surface area contributed by atoms with Crippen molar-refractivity contribution in [3.05, 3.63) is 276 Å². The maximum atomic E-state index is 5.62. The van der Waals surface area contributed by atoms with Gasteiger partial charge >= 0.3 is 0 Å². The summed E-state index contributed by atoms with van der Waals surface area (Å²) in [7, 11) is 0. The first-order chi connectivity index (χ1) is 50.6. The molecule has 0 bridgehead atoms. The Morgan fingerprint density at radius 1 is 0.250 bits per heavy atom. The second kappa shape index (κ2) is 25.8. The molecule has 3 aromatic heterocycles. The van der Waals surface area contributed by atoms with Crippen molar-refractivity contribution in [2.24, 2.45) is 0 Å². The smallest absolute Gasteiger partial charge is 0.252 e. The predicted octanol–water partition coefficient (Wildman–Crippen LogP) is 26.4. The highest BCUT2D eigenvalue weighted by Gasteiger charge is 2.46. The van der Waals surface area contributed by atoms with Gasteiger partial charge in [-0.3, -0.25) is 9.97 Å². The lowest BCUT2D eigenvalue weighted by molar-refractivity contribution is 0.531. The Balaban J connectivity index is 1.18. The van der Waals surface area contributed by atoms with Crippen molar-refractivity contribution in [2.45, 2.75) is 209 Å². The maximum absolute atomic E-state index is 5.62. The summed E-state index contributed by atoms with van der Waals surface area (Å²) in [6.45, 7) is 55.8. The standard InChI is InChI=1S/C102H110BN5/c1-95(2,3)70-49-66(50-71(59-70)96(4,5)6)64-46-48-85-81(53-64)103-80-47-45-65(67-51-72(97(7,8)9)60-73(52-67)98(10,11)12)54-86(80)108(94-76(68-55-89(99(13,14)15)104-90(56-68)100(16,17)18)40-34-41-77(94)69-57-91(101(19,20)21)105-92(58-69)102(22,23)24)88-62-74(106-83-43-32-29-38-78(83)79-39-30-33-44-84(79)106)61-87(93(88)103)107(85)82-42-31-28-37-75(82)63-35-26-25-27-36-63/h25-62H,1-24H3. The van der Waals surface area contributed by atoms with E-state index in [1.54, 1.807) is 0 Å². The van der Waals surface area contributed by atoms with E-state index in [0.717, 1.165) is 113 Å². The number of rotatable bonds is 8. The number of para-hydroxylation sites is 4. The Hall–Kier alpha value is -10.0. The summed E-state index contributed by atoms with van der Waals surface area (Å²) in [6, 6.07) is 90.0. The fraction of sp³-hybridized carbons (Fsp3) is 0.314. The molecule has 0 saturated heterocycles. The van der Waals surface area contributed by atoms with Crippen LogP contribution in [-0.2, 0) is 43.3 Å². The summed E-state index contributed by atoms with van der Waals surface area (Å²) >= 11 is 0. The van der Waals surface area contributed by atoms with Crippen LogP contribution in [0.2, 0.25) is 0 Å². The fourth-order valence-corrected chi connectivity index (χ4v) is 16.2. The molecule has 0 amide bonds. The number of hydrogen-bond donors (Lipinski definition) is 0. The monoisotopic (exact) mass is 1420 g/mol. The van der Waals surface area contributed by atoms with Crippen LogP contribution in [0.4, 0.5) is 34.1 Å². The molecular weight excluding hydrogens is 1310 g/mol. The quantitative estimate of drug-likeness (QED) is 0.142. The van der Waals surface area contributed by atoms with Gasteiger partial charge in [-0.1, -0.05) is 330 Å². The van der Waals surface area contributed by atoms with Crippen molar-refractivity contribution in [1.82, 2.24) is 14.5 Å². The van der Waals surface area contributed by atoms with Crippen LogP contribution >= 0.6 is 0 Å². The number of benzene rings is 10. The molecule has 0 radical (unpaired) electrons. The van der Waals surface area contributed by atoms with Gasteiger partial charge in [-0.05, 0) is 166 Å². The van der Waals surface area contributed by atoms with Gasteiger partial charge in [-0.25, -0.2) is 0 Å². The van der Waals surface area contributed by atoms with E-state index >= 15 is 0 Å². The third-order valence-electron chi connectivity index (χ3n) is 22.7. The molecule has 5 heterocycles. The van der Waals surface area contributed by atoms with Crippen molar-refractivity contribution in [3.8, 4) is 61.3 Å². The number of aromatic nitrogens is 3. The highest BCUT2D eigenvalue weighted by molar-refractivity contribution is 7.00. The second-order valence-corrected chi connectivity index (χ2v) is 39.4. The summed E-state index contributed by atoms with van der Waals surface area (Å²) in [6.07, 6.45) is 0. The van der Waals surface area contributed by atoms with Crippen LogP contribution in [-0.4, -0.2) is 21.2 Å². The van der Waals surface area contributed by atoms with Crippen LogP contribution in [0.15, 0.2) is 231 Å². The molecule has 0 spiro atoms. The molecule has 15 rings (SSSR count). The number of fused-ring (bicyclic) bond motifs is 7. The predicted molar refractivity (Wildman–Crippen MR) is 467 cm³/mol. The minimum absolute atomic E-state index is 0.0967. The van der Waals surface area contributed by atoms with E-state index < -0.39 is 0 Å². The van der Waals surface area contributed by atoms with Gasteiger partial charge in [-0.2, -0.15) is 0 Å². The average molecular weight is 1420 g/mol. The van der Waals surface area contributed by atoms with E-state index in [9.17, 15) is 0 Å². The largest absolute Gasteiger partial charge is 0.311 e. The van der Waals surface area contributed by atoms with Crippen LogP contribution in [0.1, 0.15) is 211 Å². The van der Waals surface area contributed by atoms with Gasteiger partial charge in [0.1, 0.15) is 0 Å². The van der Waals surface area contributed by atoms with Crippen LogP contribution in [0, 0.1) is 0 Å². The highest BCUT2D eigenvalue weighted by Crippen LogP contribution is 2.54. The second-order valence-electron chi connectivity index (χ2n) is 39.4. The van der Waals surface area contributed by atoms with Crippen molar-refractivity contribution < 1.29 is 0 Å². The molecule has 0 atom stereocenters. The Morgan fingerprint density at radius 2 is 0.648 bits per heavy atom. The molecule has 0 N–H and O–H groups in total. The first kappa shape index (κ1) is 73.5. The van der Waals surface area contributed by atoms with Crippen molar-refractivity contribution >= 4 is 79.0 Å². The first-order valence-corrected chi connectivity index (χ1v) is 39.3. The van der Waals surface area contributed by atoms with Crippen molar-refractivity contribution in [3.63, 3.8) is 0 Å². The SMILES string of the molecule is CC(C)(C)c1cc(-c2ccc3c(c2)B2c4ccc(-c5cc(C(C)(C)C)cc(C(C)(C)C)c5)cc4N(c4c(-c5cc(C(C)(C)C)nc(C(C)(C)C)c5)cccc4-c4cc(C(C)(C)C)nc(C(C)(C)C)c4)c4cc(-n5c6ccccc6c6ccccc65)cc(c42)N3c2ccccc2-c2ccccc2)cc(C(C)(C)C)c1. The molecular formula is C102H110BN5. The molecule has 0 aliphatic carbocycles. The number of hydrogen-bond acceptors (Lipinski definition) is 4. The molecule has 0 saturated carbocycles. The summed E-state index contributed by atoms with van der Waals surface area (Å²) in [4.78, 5) is 16.6. The Labute approximate surface area is 645 Å². The molecule has 546 valence electrons. The molecule has 0 unspecified atom stereocenters. The van der Waals surface area contributed by atoms with Gasteiger partial charge in [0, 0.05) is 94.6 Å². The molecule has 108 heavy (non-hydrogen) atoms. The van der Waals surface area contributed by atoms with Crippen LogP contribution in [0.25, 0.3) is 83.1 Å². The maximum Gasteiger partial charge on any atom is 0.252 e. The zero-order valence-corrected chi connectivity index (χ0v) is 68.8. The molecule has 2 aliphatic rings. The van der Waals surface area contributed by atoms with Gasteiger partial charge < -0.3 is 14.4 Å². The van der Waals surface area contributed by atoms with E-state index in [1.165, 1.54) is 66.1 Å². The normalized spacial score (nSPS) is 13.7. The third-order valence-corrected chi connectivity index (χ3v) is 22.7. The summed E-state index contributed by atoms with van der Waals surface area (Å²) in [5.74, 6) is 0. The van der Waals surface area contributed by atoms with Crippen molar-refractivity contribution in [2.75, 3.05) is 9.80 Å². The van der Waals surface area contributed by atoms with E-state index in [0.29, 0.717) is 0 Å². The van der Waals surface area contributed by atoms with Crippen molar-refractivity contribution in [1.29, 1.82) is 0 Å². The molecule has 2 aliphatic heterocycles. The zero-order chi connectivity index (χ0) is 77.1. The lowest BCUT2D eigenvalue weighted by Gasteiger charge is -2.46. The molecule has 5 nitrogen and oxygen atoms in total. The summed E-state index contributed by atoms with van der Waals surface area (Å²) in [5.41, 5.74) is 33.3. The number of anilines is 6. The van der Waals surface area contributed by atoms with Crippen LogP contribution in [0.3, 0.4) is 0 Å². The summed E-state index contributed by atoms with van der Waals surface area (Å²) in [5, 5.41) is 2.42. The minimum atomic E-state index is -0.278. The Kier molecular flexibility index (Phi) is 17.6. The topological polar surface area (TPSA) is 37.2 Å². The lowest BCUT2D eigenvalue weighted by atomic mass is 9.33. The zero-order valence-electron chi connectivity index (χ0n) is 68.8. The van der Waals surface area contributed by atoms with Gasteiger partial charge in [0.2, 0.25) is 0 Å². The van der Waals surface area contributed by atoms with Gasteiger partial charge in [-0.15, -0.1) is 0 Å². The Bertz CT molecular complexity index is 5450. The van der Waals surface area contributed by atoms with E-state index in [-0.39, 0.29) is 50.0 Å². The van der Waals surface area contributed by atoms with E-state index in [2.05, 4.69) is 411 Å². The lowest BCUT2D eigenvalue weighted by Crippen LogP contribution is -2.61. The van der Waals surface area contributed by atoms with Gasteiger partial charge in [0.25, 0.3) is 6.71 Å². The van der Waals surface area contributed by atoms with Gasteiger partial charge in [0.05, 0.1) is 28.1 Å². The Morgan fingerprint density at radius 3 is 1.10 bits per heavy atom. The van der Waals surface area contributed by atoms with Crippen LogP contribution < -0.4 is 26.2 Å². The number of pyridine rings is 2. The fourth-order valence-electron chi connectivity index (χ4n) is 16.2. The highest BCUT2D eigenvalue weighted by atomic mass is 15.2. The number of nitrogens with zero attached hydrogens (tertiary/aromatic N) is 5.